The van der Waals surface area contributed by atoms with E-state index in [0.717, 1.165) is 21.2 Å². The van der Waals surface area contributed by atoms with E-state index in [1.807, 2.05) is 32.0 Å². The summed E-state index contributed by atoms with van der Waals surface area (Å²) in [4.78, 5) is 12.6. The van der Waals surface area contributed by atoms with Crippen molar-refractivity contribution in [3.05, 3.63) is 59.7 Å². The summed E-state index contributed by atoms with van der Waals surface area (Å²) in [5.41, 5.74) is 1.93. The molecule has 0 spiro atoms. The number of ether oxygens (including phenoxy) is 1. The van der Waals surface area contributed by atoms with Crippen LogP contribution in [0.25, 0.3) is 0 Å². The summed E-state index contributed by atoms with van der Waals surface area (Å²) in [7, 11) is -0.683. The van der Waals surface area contributed by atoms with Crippen molar-refractivity contribution in [2.24, 2.45) is 0 Å². The molecule has 6 nitrogen and oxygen atoms in total. The maximum atomic E-state index is 12.5. The summed E-state index contributed by atoms with van der Waals surface area (Å²) in [6.07, 6.45) is 0.687. The molecule has 0 unspecified atom stereocenters. The fourth-order valence-electron chi connectivity index (χ4n) is 2.84. The molecule has 2 aromatic rings. The Morgan fingerprint density at radius 2 is 1.85 bits per heavy atom. The molecule has 0 saturated carbocycles. The second-order valence-corrected chi connectivity index (χ2v) is 8.38. The number of likely N-dealkylation sites (N-methyl/N-ethyl adjacent to an activating group) is 1. The number of nitrogens with zero attached hydrogens (tertiary/aromatic N) is 1. The van der Waals surface area contributed by atoms with Gasteiger partial charge in [-0.15, -0.1) is 0 Å². The van der Waals surface area contributed by atoms with E-state index in [0.29, 0.717) is 6.42 Å². The van der Waals surface area contributed by atoms with E-state index in [4.69, 9.17) is 4.74 Å². The van der Waals surface area contributed by atoms with Crippen molar-refractivity contribution in [3.8, 4) is 5.75 Å². The van der Waals surface area contributed by atoms with Crippen molar-refractivity contribution in [3.63, 3.8) is 0 Å². The smallest absolute Gasteiger partial charge is 0.243 e. The van der Waals surface area contributed by atoms with Crippen molar-refractivity contribution in [2.75, 3.05) is 20.7 Å². The number of sulfonamides is 1. The van der Waals surface area contributed by atoms with E-state index in [-0.39, 0.29) is 23.4 Å². The molecule has 7 heteroatoms. The van der Waals surface area contributed by atoms with Crippen LogP contribution >= 0.6 is 0 Å². The van der Waals surface area contributed by atoms with Crippen LogP contribution in [0.5, 0.6) is 5.75 Å². The largest absolute Gasteiger partial charge is 0.496 e. The van der Waals surface area contributed by atoms with E-state index in [1.54, 1.807) is 25.3 Å². The highest BCUT2D eigenvalue weighted by atomic mass is 32.2. The quantitative estimate of drug-likeness (QED) is 0.752. The lowest BCUT2D eigenvalue weighted by Gasteiger charge is -2.21. The Bertz CT molecular complexity index is 882. The maximum Gasteiger partial charge on any atom is 0.243 e. The van der Waals surface area contributed by atoms with Crippen LogP contribution in [0.2, 0.25) is 0 Å². The molecule has 0 heterocycles. The monoisotopic (exact) mass is 390 g/mol. The molecule has 0 aromatic heterocycles. The van der Waals surface area contributed by atoms with Crippen LogP contribution in [0.3, 0.4) is 0 Å². The van der Waals surface area contributed by atoms with Gasteiger partial charge < -0.3 is 10.1 Å². The molecule has 146 valence electrons. The average Bonchev–Trinajstić information content (AvgIpc) is 2.66. The number of carbonyl (C=O) groups excluding carboxylic acids is 1. The fraction of sp³-hybridized carbons (Fsp3) is 0.350. The van der Waals surface area contributed by atoms with Gasteiger partial charge in [-0.1, -0.05) is 37.3 Å². The Balaban J connectivity index is 2.08. The van der Waals surface area contributed by atoms with Gasteiger partial charge in [0.15, 0.2) is 0 Å². The highest BCUT2D eigenvalue weighted by Gasteiger charge is 2.23. The lowest BCUT2D eigenvalue weighted by molar-refractivity contribution is -0.121. The summed E-state index contributed by atoms with van der Waals surface area (Å²) >= 11 is 0. The summed E-state index contributed by atoms with van der Waals surface area (Å²) in [5.74, 6) is 0.436. The highest BCUT2D eigenvalue weighted by Crippen LogP contribution is 2.24. The third-order valence-corrected chi connectivity index (χ3v) is 6.20. The van der Waals surface area contributed by atoms with Crippen molar-refractivity contribution in [2.45, 2.75) is 31.2 Å². The third kappa shape index (κ3) is 5.08. The molecule has 2 rings (SSSR count). The molecule has 1 N–H and O–H groups in total. The van der Waals surface area contributed by atoms with Gasteiger partial charge in [-0.05, 0) is 42.7 Å². The van der Waals surface area contributed by atoms with E-state index in [9.17, 15) is 13.2 Å². The molecule has 0 aliphatic carbocycles. The number of hydrogen-bond acceptors (Lipinski definition) is 4. The number of hydrogen-bond donors (Lipinski definition) is 1. The first-order valence-electron chi connectivity index (χ1n) is 8.74. The molecule has 0 radical (unpaired) electrons. The van der Waals surface area contributed by atoms with E-state index in [2.05, 4.69) is 5.32 Å². The van der Waals surface area contributed by atoms with Gasteiger partial charge >= 0.3 is 0 Å². The zero-order valence-corrected chi connectivity index (χ0v) is 16.9. The Labute approximate surface area is 161 Å². The number of methoxy groups -OCH3 is 1. The number of aryl methyl sites for hydroxylation is 1. The van der Waals surface area contributed by atoms with Crippen LogP contribution in [0.1, 0.15) is 30.5 Å². The summed E-state index contributed by atoms with van der Waals surface area (Å²) in [6, 6.07) is 13.6. The molecule has 1 amide bonds. The van der Waals surface area contributed by atoms with Gasteiger partial charge in [0.25, 0.3) is 0 Å². The van der Waals surface area contributed by atoms with Gasteiger partial charge in [-0.3, -0.25) is 4.79 Å². The van der Waals surface area contributed by atoms with Crippen LogP contribution in [-0.2, 0) is 14.8 Å². The highest BCUT2D eigenvalue weighted by molar-refractivity contribution is 7.89. The zero-order chi connectivity index (χ0) is 20.0. The van der Waals surface area contributed by atoms with Crippen LogP contribution in [0.4, 0.5) is 0 Å². The first-order valence-corrected chi connectivity index (χ1v) is 10.2. The number of carbonyl (C=O) groups is 1. The summed E-state index contributed by atoms with van der Waals surface area (Å²) in [5, 5.41) is 2.92. The Hall–Kier alpha value is -2.38. The first kappa shape index (κ1) is 20.9. The van der Waals surface area contributed by atoms with E-state index in [1.165, 1.54) is 19.2 Å². The predicted octanol–water partition coefficient (Wildman–Crippen LogP) is 2.89. The average molecular weight is 391 g/mol. The number of amides is 1. The number of nitrogens with one attached hydrogen (secondary N) is 1. The molecule has 0 fully saturated rings. The molecule has 1 atom stereocenters. The number of rotatable bonds is 8. The first-order chi connectivity index (χ1) is 12.8. The second kappa shape index (κ2) is 9.01. The molecule has 27 heavy (non-hydrogen) atoms. The van der Waals surface area contributed by atoms with Gasteiger partial charge in [-0.25, -0.2) is 8.42 Å². The standard InChI is InChI=1S/C20H26N2O4S/c1-5-18(16-11-12-19(26-4)15(2)13-16)21-20(23)14-22(3)27(24,25)17-9-7-6-8-10-17/h6-13,18H,5,14H2,1-4H3,(H,21,23)/t18-/m0/s1. The minimum Gasteiger partial charge on any atom is -0.496 e. The Morgan fingerprint density at radius 1 is 1.19 bits per heavy atom. The minimum atomic E-state index is -3.70. The van der Waals surface area contributed by atoms with Crippen LogP contribution in [-0.4, -0.2) is 39.3 Å². The minimum absolute atomic E-state index is 0.165. The molecule has 0 bridgehead atoms. The maximum absolute atomic E-state index is 12.5. The Kier molecular flexibility index (Phi) is 6.98. The molecule has 0 aliphatic heterocycles. The van der Waals surface area contributed by atoms with Gasteiger partial charge in [0.1, 0.15) is 5.75 Å². The molecule has 0 saturated heterocycles. The van der Waals surface area contributed by atoms with Crippen LogP contribution in [0, 0.1) is 6.92 Å². The second-order valence-electron chi connectivity index (χ2n) is 6.33. The van der Waals surface area contributed by atoms with Crippen molar-refractivity contribution >= 4 is 15.9 Å². The van der Waals surface area contributed by atoms with Gasteiger partial charge in [0.05, 0.1) is 24.6 Å². The van der Waals surface area contributed by atoms with Gasteiger partial charge in [-0.2, -0.15) is 4.31 Å². The lowest BCUT2D eigenvalue weighted by Crippen LogP contribution is -2.39. The Morgan fingerprint density at radius 3 is 2.41 bits per heavy atom. The van der Waals surface area contributed by atoms with Crippen LogP contribution < -0.4 is 10.1 Å². The van der Waals surface area contributed by atoms with Crippen LogP contribution in [0.15, 0.2) is 53.4 Å². The summed E-state index contributed by atoms with van der Waals surface area (Å²) in [6.45, 7) is 3.66. The number of benzene rings is 2. The van der Waals surface area contributed by atoms with E-state index >= 15 is 0 Å². The van der Waals surface area contributed by atoms with Crippen molar-refractivity contribution < 1.29 is 17.9 Å². The predicted molar refractivity (Wildman–Crippen MR) is 105 cm³/mol. The van der Waals surface area contributed by atoms with Crippen molar-refractivity contribution in [1.82, 2.24) is 9.62 Å². The summed E-state index contributed by atoms with van der Waals surface area (Å²) < 4.78 is 31.4. The topological polar surface area (TPSA) is 75.7 Å². The molecular formula is C20H26N2O4S. The van der Waals surface area contributed by atoms with E-state index < -0.39 is 10.0 Å². The van der Waals surface area contributed by atoms with Crippen molar-refractivity contribution in [1.29, 1.82) is 0 Å². The van der Waals surface area contributed by atoms with Gasteiger partial charge in [0, 0.05) is 7.05 Å². The SMILES string of the molecule is CC[C@H](NC(=O)CN(C)S(=O)(=O)c1ccccc1)c1ccc(OC)c(C)c1. The normalized spacial score (nSPS) is 12.6. The fourth-order valence-corrected chi connectivity index (χ4v) is 3.99. The third-order valence-electron chi connectivity index (χ3n) is 4.38. The lowest BCUT2D eigenvalue weighted by atomic mass is 10.0. The molecular weight excluding hydrogens is 364 g/mol. The van der Waals surface area contributed by atoms with Gasteiger partial charge in [0.2, 0.25) is 15.9 Å². The molecule has 0 aliphatic rings. The molecule has 2 aromatic carbocycles. The zero-order valence-electron chi connectivity index (χ0n) is 16.1.